The van der Waals surface area contributed by atoms with Crippen molar-refractivity contribution >= 4 is 0 Å². The van der Waals surface area contributed by atoms with Gasteiger partial charge < -0.3 is 10.4 Å². The van der Waals surface area contributed by atoms with Gasteiger partial charge in [0.2, 0.25) is 0 Å². The number of hydrogen-bond acceptors (Lipinski definition) is 2. The molecule has 1 aliphatic heterocycles. The molecule has 2 nitrogen and oxygen atoms in total. The standard InChI is InChI=1S/C7H15NO/c1-2-6-7(9)4-3-5-8-6/h6-9H,2-5H2,1H3. The molecule has 0 aliphatic carbocycles. The third kappa shape index (κ3) is 1.66. The van der Waals surface area contributed by atoms with E-state index in [1.54, 1.807) is 0 Å². The minimum atomic E-state index is -0.0938. The largest absolute Gasteiger partial charge is 0.392 e. The van der Waals surface area contributed by atoms with Crippen LogP contribution in [0.1, 0.15) is 26.2 Å². The highest BCUT2D eigenvalue weighted by molar-refractivity contribution is 4.78. The van der Waals surface area contributed by atoms with E-state index in [0.717, 1.165) is 25.8 Å². The first-order valence-electron chi connectivity index (χ1n) is 3.76. The first kappa shape index (κ1) is 7.03. The Labute approximate surface area is 56.3 Å². The zero-order chi connectivity index (χ0) is 6.69. The van der Waals surface area contributed by atoms with Gasteiger partial charge in [0.1, 0.15) is 0 Å². The third-order valence-corrected chi connectivity index (χ3v) is 1.99. The van der Waals surface area contributed by atoms with Crippen molar-refractivity contribution in [3.63, 3.8) is 0 Å². The van der Waals surface area contributed by atoms with Gasteiger partial charge >= 0.3 is 0 Å². The summed E-state index contributed by atoms with van der Waals surface area (Å²) in [6.45, 7) is 3.18. The van der Waals surface area contributed by atoms with E-state index in [0.29, 0.717) is 6.04 Å². The van der Waals surface area contributed by atoms with Crippen LogP contribution in [0.3, 0.4) is 0 Å². The zero-order valence-corrected chi connectivity index (χ0v) is 5.93. The summed E-state index contributed by atoms with van der Waals surface area (Å²) >= 11 is 0. The summed E-state index contributed by atoms with van der Waals surface area (Å²) in [5.74, 6) is 0. The van der Waals surface area contributed by atoms with Gasteiger partial charge in [0.15, 0.2) is 0 Å². The molecule has 0 aromatic carbocycles. The van der Waals surface area contributed by atoms with Crippen molar-refractivity contribution in [2.24, 2.45) is 0 Å². The van der Waals surface area contributed by atoms with Gasteiger partial charge in [-0.15, -0.1) is 0 Å². The molecule has 0 saturated carbocycles. The van der Waals surface area contributed by atoms with Crippen molar-refractivity contribution in [3.8, 4) is 0 Å². The Bertz CT molecular complexity index is 85.0. The predicted octanol–water partition coefficient (Wildman–Crippen LogP) is 0.509. The summed E-state index contributed by atoms with van der Waals surface area (Å²) in [5, 5.41) is 12.6. The van der Waals surface area contributed by atoms with E-state index < -0.39 is 0 Å². The molecule has 1 heterocycles. The van der Waals surface area contributed by atoms with E-state index in [4.69, 9.17) is 0 Å². The fourth-order valence-electron chi connectivity index (χ4n) is 1.35. The Kier molecular flexibility index (Phi) is 2.49. The van der Waals surface area contributed by atoms with E-state index in [1.807, 2.05) is 0 Å². The van der Waals surface area contributed by atoms with Crippen molar-refractivity contribution in [1.29, 1.82) is 0 Å². The summed E-state index contributed by atoms with van der Waals surface area (Å²) < 4.78 is 0. The molecular formula is C7H15NO. The summed E-state index contributed by atoms with van der Waals surface area (Å²) in [6, 6.07) is 0.360. The highest BCUT2D eigenvalue weighted by Crippen LogP contribution is 2.09. The normalized spacial score (nSPS) is 36.7. The number of nitrogens with one attached hydrogen (secondary N) is 1. The van der Waals surface area contributed by atoms with Crippen LogP contribution in [0.4, 0.5) is 0 Å². The summed E-state index contributed by atoms with van der Waals surface area (Å²) in [4.78, 5) is 0. The summed E-state index contributed by atoms with van der Waals surface area (Å²) in [6.07, 6.45) is 3.05. The fraction of sp³-hybridized carbons (Fsp3) is 1.00. The van der Waals surface area contributed by atoms with Gasteiger partial charge in [0, 0.05) is 6.04 Å². The second kappa shape index (κ2) is 3.18. The van der Waals surface area contributed by atoms with E-state index in [9.17, 15) is 5.11 Å². The van der Waals surface area contributed by atoms with E-state index in [-0.39, 0.29) is 6.10 Å². The predicted molar refractivity (Wildman–Crippen MR) is 37.3 cm³/mol. The lowest BCUT2D eigenvalue weighted by Gasteiger charge is -2.27. The zero-order valence-electron chi connectivity index (χ0n) is 5.93. The van der Waals surface area contributed by atoms with Crippen LogP contribution in [-0.4, -0.2) is 23.8 Å². The van der Waals surface area contributed by atoms with Crippen LogP contribution in [-0.2, 0) is 0 Å². The van der Waals surface area contributed by atoms with Crippen LogP contribution in [0.5, 0.6) is 0 Å². The number of aliphatic hydroxyl groups excluding tert-OH is 1. The Morgan fingerprint density at radius 1 is 1.67 bits per heavy atom. The molecule has 0 bridgehead atoms. The molecule has 1 rings (SSSR count). The maximum absolute atomic E-state index is 9.31. The molecule has 54 valence electrons. The average molecular weight is 129 g/mol. The van der Waals surface area contributed by atoms with Gasteiger partial charge in [-0.05, 0) is 25.8 Å². The number of piperidine rings is 1. The van der Waals surface area contributed by atoms with Crippen molar-refractivity contribution in [1.82, 2.24) is 5.32 Å². The molecule has 0 radical (unpaired) electrons. The second-order valence-corrected chi connectivity index (χ2v) is 2.68. The van der Waals surface area contributed by atoms with Crippen molar-refractivity contribution in [3.05, 3.63) is 0 Å². The van der Waals surface area contributed by atoms with E-state index in [1.165, 1.54) is 0 Å². The SMILES string of the molecule is CCC1NCCCC1O. The molecule has 2 heteroatoms. The molecular weight excluding hydrogens is 114 g/mol. The Balaban J connectivity index is 2.30. The highest BCUT2D eigenvalue weighted by Gasteiger charge is 2.19. The molecule has 1 aliphatic rings. The first-order chi connectivity index (χ1) is 4.34. The minimum Gasteiger partial charge on any atom is -0.392 e. The lowest BCUT2D eigenvalue weighted by molar-refractivity contribution is 0.0947. The van der Waals surface area contributed by atoms with Crippen molar-refractivity contribution in [2.45, 2.75) is 38.3 Å². The van der Waals surface area contributed by atoms with Gasteiger partial charge in [-0.25, -0.2) is 0 Å². The van der Waals surface area contributed by atoms with Crippen LogP contribution in [0.25, 0.3) is 0 Å². The van der Waals surface area contributed by atoms with Crippen LogP contribution >= 0.6 is 0 Å². The number of rotatable bonds is 1. The first-order valence-corrected chi connectivity index (χ1v) is 3.76. The van der Waals surface area contributed by atoms with Crippen LogP contribution < -0.4 is 5.32 Å². The molecule has 1 fully saturated rings. The average Bonchev–Trinajstić information content (AvgIpc) is 1.89. The van der Waals surface area contributed by atoms with Gasteiger partial charge in [-0.3, -0.25) is 0 Å². The lowest BCUT2D eigenvalue weighted by Crippen LogP contribution is -2.44. The van der Waals surface area contributed by atoms with Crippen LogP contribution in [0.2, 0.25) is 0 Å². The molecule has 9 heavy (non-hydrogen) atoms. The summed E-state index contributed by atoms with van der Waals surface area (Å²) in [7, 11) is 0. The molecule has 0 amide bonds. The van der Waals surface area contributed by atoms with Gasteiger partial charge in [0.05, 0.1) is 6.10 Å². The van der Waals surface area contributed by atoms with Crippen molar-refractivity contribution in [2.75, 3.05) is 6.54 Å². The van der Waals surface area contributed by atoms with E-state index in [2.05, 4.69) is 12.2 Å². The Morgan fingerprint density at radius 3 is 2.89 bits per heavy atom. The van der Waals surface area contributed by atoms with Crippen LogP contribution in [0, 0.1) is 0 Å². The van der Waals surface area contributed by atoms with E-state index >= 15 is 0 Å². The Morgan fingerprint density at radius 2 is 2.44 bits per heavy atom. The lowest BCUT2D eigenvalue weighted by atomic mass is 10.00. The topological polar surface area (TPSA) is 32.3 Å². The third-order valence-electron chi connectivity index (χ3n) is 1.99. The maximum atomic E-state index is 9.31. The molecule has 2 unspecified atom stereocenters. The monoisotopic (exact) mass is 129 g/mol. The van der Waals surface area contributed by atoms with Gasteiger partial charge in [-0.1, -0.05) is 6.92 Å². The quantitative estimate of drug-likeness (QED) is 0.540. The van der Waals surface area contributed by atoms with Crippen molar-refractivity contribution < 1.29 is 5.11 Å². The highest BCUT2D eigenvalue weighted by atomic mass is 16.3. The molecule has 0 aromatic heterocycles. The number of aliphatic hydroxyl groups is 1. The fourth-order valence-corrected chi connectivity index (χ4v) is 1.35. The van der Waals surface area contributed by atoms with Crippen LogP contribution in [0.15, 0.2) is 0 Å². The molecule has 1 saturated heterocycles. The van der Waals surface area contributed by atoms with Gasteiger partial charge in [-0.2, -0.15) is 0 Å². The smallest absolute Gasteiger partial charge is 0.0693 e. The molecule has 0 aromatic rings. The second-order valence-electron chi connectivity index (χ2n) is 2.68. The van der Waals surface area contributed by atoms with Gasteiger partial charge in [0.25, 0.3) is 0 Å². The number of hydrogen-bond donors (Lipinski definition) is 2. The molecule has 2 N–H and O–H groups in total. The Hall–Kier alpha value is -0.0800. The minimum absolute atomic E-state index is 0.0938. The molecule has 2 atom stereocenters. The maximum Gasteiger partial charge on any atom is 0.0693 e. The summed E-state index contributed by atoms with van der Waals surface area (Å²) in [5.41, 5.74) is 0. The molecule has 0 spiro atoms.